The molecule has 132 valence electrons. The lowest BCUT2D eigenvalue weighted by Crippen LogP contribution is -2.60. The molecule has 1 aromatic rings. The van der Waals surface area contributed by atoms with Crippen molar-refractivity contribution in [2.45, 2.75) is 55.7 Å². The summed E-state index contributed by atoms with van der Waals surface area (Å²) in [4.78, 5) is 24.6. The van der Waals surface area contributed by atoms with E-state index >= 15 is 0 Å². The Kier molecular flexibility index (Phi) is 5.32. The molecule has 0 heterocycles. The van der Waals surface area contributed by atoms with Gasteiger partial charge in [0.05, 0.1) is 4.90 Å². The summed E-state index contributed by atoms with van der Waals surface area (Å²) in [5, 5.41) is 5.18. The Morgan fingerprint density at radius 3 is 2.25 bits per heavy atom. The molecule has 0 spiro atoms. The Hall–Kier alpha value is -1.89. The highest BCUT2D eigenvalue weighted by atomic mass is 32.2. The first-order valence-electron chi connectivity index (χ1n) is 8.14. The van der Waals surface area contributed by atoms with Gasteiger partial charge in [0.1, 0.15) is 6.04 Å². The van der Waals surface area contributed by atoms with Crippen molar-refractivity contribution in [1.82, 2.24) is 10.6 Å². The number of rotatable bonds is 6. The number of hydrogen-bond acceptors (Lipinski definition) is 4. The molecule has 2 amide bonds. The molecule has 0 saturated heterocycles. The minimum atomic E-state index is -3.81. The number of hydrogen-bond donors (Lipinski definition) is 2. The fourth-order valence-corrected chi connectivity index (χ4v) is 4.85. The van der Waals surface area contributed by atoms with Gasteiger partial charge in [0.2, 0.25) is 11.8 Å². The maximum atomic E-state index is 13.0. The molecule has 6 nitrogen and oxygen atoms in total. The Labute approximate surface area is 142 Å². The third-order valence-corrected chi connectivity index (χ3v) is 7.03. The van der Waals surface area contributed by atoms with Gasteiger partial charge in [-0.15, -0.1) is 0 Å². The third kappa shape index (κ3) is 3.17. The van der Waals surface area contributed by atoms with Crippen LogP contribution in [0, 0.1) is 6.92 Å². The Balaban J connectivity index is 2.26. The Morgan fingerprint density at radius 2 is 1.79 bits per heavy atom. The quantitative estimate of drug-likeness (QED) is 0.808. The lowest BCUT2D eigenvalue weighted by molar-refractivity contribution is -0.131. The van der Waals surface area contributed by atoms with Crippen molar-refractivity contribution in [2.24, 2.45) is 0 Å². The van der Waals surface area contributed by atoms with Crippen LogP contribution in [0.2, 0.25) is 0 Å². The molecule has 7 heteroatoms. The first-order chi connectivity index (χ1) is 11.2. The highest BCUT2D eigenvalue weighted by molar-refractivity contribution is 7.93. The van der Waals surface area contributed by atoms with Crippen LogP contribution in [0.5, 0.6) is 0 Å². The fourth-order valence-electron chi connectivity index (χ4n) is 2.78. The van der Waals surface area contributed by atoms with E-state index in [1.807, 2.05) is 6.92 Å². The molecule has 1 saturated carbocycles. The fraction of sp³-hybridized carbons (Fsp3) is 0.529. The van der Waals surface area contributed by atoms with E-state index in [2.05, 4.69) is 10.6 Å². The van der Waals surface area contributed by atoms with E-state index in [4.69, 9.17) is 0 Å². The molecule has 1 fully saturated rings. The normalized spacial score (nSPS) is 17.5. The lowest BCUT2D eigenvalue weighted by Gasteiger charge is -2.39. The van der Waals surface area contributed by atoms with Crippen LogP contribution in [-0.2, 0) is 19.4 Å². The average Bonchev–Trinajstić information content (AvgIpc) is 2.46. The number of sulfone groups is 1. The molecule has 1 aromatic carbocycles. The van der Waals surface area contributed by atoms with E-state index in [1.165, 1.54) is 12.1 Å². The van der Waals surface area contributed by atoms with Crippen LogP contribution in [-0.4, -0.2) is 37.6 Å². The van der Waals surface area contributed by atoms with E-state index in [-0.39, 0.29) is 23.6 Å². The Morgan fingerprint density at radius 1 is 1.21 bits per heavy atom. The zero-order chi connectivity index (χ0) is 18.0. The average molecular weight is 352 g/mol. The van der Waals surface area contributed by atoms with Crippen LogP contribution in [0.4, 0.5) is 0 Å². The molecule has 1 unspecified atom stereocenters. The van der Waals surface area contributed by atoms with E-state index in [1.54, 1.807) is 26.0 Å². The molecule has 2 rings (SSSR count). The summed E-state index contributed by atoms with van der Waals surface area (Å²) in [5.41, 5.74) is 0.950. The standard InChI is InChI=1S/C17H24N2O4S/c1-4-18-15(20)13(3)19-16(21)17(10-5-11-17)24(22,23)14-8-6-12(2)7-9-14/h6-9,13H,4-5,10-11H2,1-3H3,(H,18,20)(H,19,21). The van der Waals surface area contributed by atoms with E-state index in [0.717, 1.165) is 5.56 Å². The van der Waals surface area contributed by atoms with E-state index < -0.39 is 26.5 Å². The van der Waals surface area contributed by atoms with Crippen molar-refractivity contribution in [3.63, 3.8) is 0 Å². The van der Waals surface area contributed by atoms with E-state index in [9.17, 15) is 18.0 Å². The van der Waals surface area contributed by atoms with Crippen LogP contribution in [0.15, 0.2) is 29.2 Å². The molecule has 0 radical (unpaired) electrons. The van der Waals surface area contributed by atoms with Crippen LogP contribution < -0.4 is 10.6 Å². The highest BCUT2D eigenvalue weighted by Gasteiger charge is 2.55. The van der Waals surface area contributed by atoms with Gasteiger partial charge in [-0.1, -0.05) is 17.7 Å². The molecule has 0 bridgehead atoms. The molecular weight excluding hydrogens is 328 g/mol. The number of carbonyl (C=O) groups excluding carboxylic acids is 2. The molecule has 1 aliphatic rings. The van der Waals surface area contributed by atoms with Crippen LogP contribution in [0.25, 0.3) is 0 Å². The van der Waals surface area contributed by atoms with Gasteiger partial charge in [-0.25, -0.2) is 8.42 Å². The number of benzene rings is 1. The highest BCUT2D eigenvalue weighted by Crippen LogP contribution is 2.43. The molecule has 1 atom stereocenters. The summed E-state index contributed by atoms with van der Waals surface area (Å²) in [6, 6.07) is 5.72. The Bertz CT molecular complexity index is 721. The number of nitrogens with one attached hydrogen (secondary N) is 2. The zero-order valence-corrected chi connectivity index (χ0v) is 15.1. The van der Waals surface area contributed by atoms with Crippen LogP contribution >= 0.6 is 0 Å². The van der Waals surface area contributed by atoms with Gasteiger partial charge in [-0.05, 0) is 52.2 Å². The van der Waals surface area contributed by atoms with Gasteiger partial charge in [-0.2, -0.15) is 0 Å². The molecule has 1 aliphatic carbocycles. The number of amides is 2. The third-order valence-electron chi connectivity index (χ3n) is 4.51. The maximum Gasteiger partial charge on any atom is 0.242 e. The smallest absolute Gasteiger partial charge is 0.242 e. The lowest BCUT2D eigenvalue weighted by atomic mass is 9.83. The van der Waals surface area contributed by atoms with Crippen LogP contribution in [0.1, 0.15) is 38.7 Å². The first-order valence-corrected chi connectivity index (χ1v) is 9.63. The van der Waals surface area contributed by atoms with Gasteiger partial charge in [0.25, 0.3) is 0 Å². The summed E-state index contributed by atoms with van der Waals surface area (Å²) < 4.78 is 24.5. The topological polar surface area (TPSA) is 92.3 Å². The minimum Gasteiger partial charge on any atom is -0.355 e. The van der Waals surface area contributed by atoms with Gasteiger partial charge in [-0.3, -0.25) is 9.59 Å². The SMILES string of the molecule is CCNC(=O)C(C)NC(=O)C1(S(=O)(=O)c2ccc(C)cc2)CCC1. The molecule has 0 aliphatic heterocycles. The summed E-state index contributed by atoms with van der Waals surface area (Å²) in [7, 11) is -3.81. The second-order valence-corrected chi connectivity index (χ2v) is 8.51. The van der Waals surface area contributed by atoms with E-state index in [0.29, 0.717) is 13.0 Å². The van der Waals surface area contributed by atoms with Crippen molar-refractivity contribution in [1.29, 1.82) is 0 Å². The first kappa shape index (κ1) is 18.4. The van der Waals surface area contributed by atoms with Crippen molar-refractivity contribution >= 4 is 21.7 Å². The molecule has 2 N–H and O–H groups in total. The summed E-state index contributed by atoms with van der Waals surface area (Å²) in [5.74, 6) is -0.916. The maximum absolute atomic E-state index is 13.0. The summed E-state index contributed by atoms with van der Waals surface area (Å²) in [6.45, 7) is 5.65. The number of aryl methyl sites for hydroxylation is 1. The van der Waals surface area contributed by atoms with Crippen molar-refractivity contribution in [2.75, 3.05) is 6.54 Å². The zero-order valence-electron chi connectivity index (χ0n) is 14.3. The molecular formula is C17H24N2O4S. The number of likely N-dealkylation sites (N-methyl/N-ethyl adjacent to an activating group) is 1. The van der Waals surface area contributed by atoms with Crippen molar-refractivity contribution in [3.8, 4) is 0 Å². The predicted octanol–water partition coefficient (Wildman–Crippen LogP) is 1.33. The summed E-state index contributed by atoms with van der Waals surface area (Å²) in [6.07, 6.45) is 1.22. The molecule has 0 aromatic heterocycles. The van der Waals surface area contributed by atoms with Crippen LogP contribution in [0.3, 0.4) is 0 Å². The number of carbonyl (C=O) groups is 2. The second-order valence-electron chi connectivity index (χ2n) is 6.25. The largest absolute Gasteiger partial charge is 0.355 e. The predicted molar refractivity (Wildman–Crippen MR) is 91.2 cm³/mol. The second kappa shape index (κ2) is 6.93. The van der Waals surface area contributed by atoms with Gasteiger partial charge in [0, 0.05) is 6.54 Å². The van der Waals surface area contributed by atoms with Gasteiger partial charge < -0.3 is 10.6 Å². The van der Waals surface area contributed by atoms with Crippen molar-refractivity contribution in [3.05, 3.63) is 29.8 Å². The van der Waals surface area contributed by atoms with Gasteiger partial charge in [0.15, 0.2) is 14.6 Å². The van der Waals surface area contributed by atoms with Gasteiger partial charge >= 0.3 is 0 Å². The summed E-state index contributed by atoms with van der Waals surface area (Å²) >= 11 is 0. The molecule has 24 heavy (non-hydrogen) atoms. The minimum absolute atomic E-state index is 0.147. The monoisotopic (exact) mass is 352 g/mol. The van der Waals surface area contributed by atoms with Crippen molar-refractivity contribution < 1.29 is 18.0 Å².